The first-order valence-corrected chi connectivity index (χ1v) is 7.32. The quantitative estimate of drug-likeness (QED) is 0.517. The van der Waals surface area contributed by atoms with Crippen LogP contribution < -0.4 is 5.73 Å². The molecule has 106 valence electrons. The van der Waals surface area contributed by atoms with Gasteiger partial charge in [-0.2, -0.15) is 0 Å². The summed E-state index contributed by atoms with van der Waals surface area (Å²) >= 11 is 1.54. The average Bonchev–Trinajstić information content (AvgIpc) is 2.86. The maximum atomic E-state index is 11.7. The molecule has 0 fully saturated rings. The van der Waals surface area contributed by atoms with Crippen molar-refractivity contribution in [2.75, 3.05) is 12.3 Å². The number of furan rings is 1. The fourth-order valence-corrected chi connectivity index (χ4v) is 2.69. The van der Waals surface area contributed by atoms with E-state index >= 15 is 0 Å². The molecule has 0 spiro atoms. The van der Waals surface area contributed by atoms with Crippen LogP contribution in [0.15, 0.2) is 39.8 Å². The molecule has 5 heteroatoms. The summed E-state index contributed by atoms with van der Waals surface area (Å²) in [5.74, 6) is 0.788. The van der Waals surface area contributed by atoms with Gasteiger partial charge in [-0.15, -0.1) is 11.8 Å². The number of nitrogen functional groups attached to an aromatic ring is 1. The van der Waals surface area contributed by atoms with Gasteiger partial charge in [0.2, 0.25) is 0 Å². The molecule has 0 amide bonds. The highest BCUT2D eigenvalue weighted by Gasteiger charge is 2.16. The Morgan fingerprint density at radius 3 is 2.90 bits per heavy atom. The molecule has 0 aliphatic rings. The van der Waals surface area contributed by atoms with Crippen molar-refractivity contribution in [2.45, 2.75) is 24.5 Å². The standard InChI is InChI=1S/C15H17NO3S/c1-3-18-15(17)11-6-7-19-13(11)9-20-14-5-4-10(2)8-12(14)16/h4-8H,3,9,16H2,1-2H3. The highest BCUT2D eigenvalue weighted by atomic mass is 32.2. The Labute approximate surface area is 122 Å². The van der Waals surface area contributed by atoms with Gasteiger partial charge in [-0.05, 0) is 37.6 Å². The van der Waals surface area contributed by atoms with Gasteiger partial charge in [0, 0.05) is 10.6 Å². The van der Waals surface area contributed by atoms with E-state index in [-0.39, 0.29) is 5.97 Å². The number of esters is 1. The fourth-order valence-electron chi connectivity index (χ4n) is 1.79. The summed E-state index contributed by atoms with van der Waals surface area (Å²) in [6.07, 6.45) is 1.50. The first-order valence-electron chi connectivity index (χ1n) is 6.34. The van der Waals surface area contributed by atoms with Gasteiger partial charge in [0.15, 0.2) is 0 Å². The largest absolute Gasteiger partial charge is 0.468 e. The molecule has 0 bridgehead atoms. The van der Waals surface area contributed by atoms with Gasteiger partial charge >= 0.3 is 5.97 Å². The Kier molecular flexibility index (Phi) is 4.74. The van der Waals surface area contributed by atoms with Crippen molar-refractivity contribution in [3.05, 3.63) is 47.4 Å². The lowest BCUT2D eigenvalue weighted by Gasteiger charge is -2.06. The number of hydrogen-bond acceptors (Lipinski definition) is 5. The summed E-state index contributed by atoms with van der Waals surface area (Å²) in [5.41, 5.74) is 8.30. The Morgan fingerprint density at radius 2 is 2.20 bits per heavy atom. The predicted molar refractivity (Wildman–Crippen MR) is 79.8 cm³/mol. The van der Waals surface area contributed by atoms with E-state index in [0.717, 1.165) is 16.1 Å². The van der Waals surface area contributed by atoms with E-state index in [4.69, 9.17) is 14.9 Å². The Bertz CT molecular complexity index is 607. The number of ether oxygens (including phenoxy) is 1. The van der Waals surface area contributed by atoms with E-state index in [1.807, 2.05) is 25.1 Å². The molecule has 2 aromatic rings. The molecule has 0 atom stereocenters. The molecular formula is C15H17NO3S. The van der Waals surface area contributed by atoms with E-state index < -0.39 is 0 Å². The van der Waals surface area contributed by atoms with Crippen molar-refractivity contribution in [2.24, 2.45) is 0 Å². The van der Waals surface area contributed by atoms with Crippen molar-refractivity contribution in [1.29, 1.82) is 0 Å². The first kappa shape index (κ1) is 14.5. The van der Waals surface area contributed by atoms with Crippen LogP contribution in [0, 0.1) is 6.92 Å². The smallest absolute Gasteiger partial charge is 0.341 e. The number of rotatable bonds is 5. The number of hydrogen-bond donors (Lipinski definition) is 1. The van der Waals surface area contributed by atoms with Gasteiger partial charge in [0.05, 0.1) is 18.6 Å². The number of nitrogens with two attached hydrogens (primary N) is 1. The number of carbonyl (C=O) groups is 1. The second-order valence-corrected chi connectivity index (χ2v) is 5.33. The molecule has 1 aromatic carbocycles. The molecule has 0 aliphatic carbocycles. The van der Waals surface area contributed by atoms with E-state index in [1.165, 1.54) is 18.0 Å². The van der Waals surface area contributed by atoms with Crippen LogP contribution in [0.2, 0.25) is 0 Å². The Balaban J connectivity index is 2.08. The summed E-state index contributed by atoms with van der Waals surface area (Å²) in [5, 5.41) is 0. The molecule has 2 rings (SSSR count). The summed E-state index contributed by atoms with van der Waals surface area (Å²) < 4.78 is 10.3. The molecule has 0 saturated heterocycles. The third-order valence-corrected chi connectivity index (χ3v) is 3.85. The fraction of sp³-hybridized carbons (Fsp3) is 0.267. The zero-order chi connectivity index (χ0) is 14.5. The zero-order valence-corrected chi connectivity index (χ0v) is 12.3. The van der Waals surface area contributed by atoms with Crippen LogP contribution in [0.25, 0.3) is 0 Å². The van der Waals surface area contributed by atoms with Gasteiger partial charge in [0.25, 0.3) is 0 Å². The van der Waals surface area contributed by atoms with Gasteiger partial charge in [-0.1, -0.05) is 6.07 Å². The number of aryl methyl sites for hydroxylation is 1. The molecular weight excluding hydrogens is 274 g/mol. The topological polar surface area (TPSA) is 65.5 Å². The summed E-state index contributed by atoms with van der Waals surface area (Å²) in [4.78, 5) is 12.7. The van der Waals surface area contributed by atoms with Gasteiger partial charge in [0.1, 0.15) is 11.3 Å². The monoisotopic (exact) mass is 291 g/mol. The van der Waals surface area contributed by atoms with E-state index in [1.54, 1.807) is 13.0 Å². The van der Waals surface area contributed by atoms with E-state index in [9.17, 15) is 4.79 Å². The van der Waals surface area contributed by atoms with Crippen molar-refractivity contribution in [1.82, 2.24) is 0 Å². The molecule has 0 aliphatic heterocycles. The zero-order valence-electron chi connectivity index (χ0n) is 11.5. The van der Waals surface area contributed by atoms with Crippen LogP contribution in [0.1, 0.15) is 28.6 Å². The number of carbonyl (C=O) groups excluding carboxylic acids is 1. The number of anilines is 1. The predicted octanol–water partition coefficient (Wildman–Crippen LogP) is 3.64. The van der Waals surface area contributed by atoms with Gasteiger partial charge in [-0.25, -0.2) is 4.79 Å². The highest BCUT2D eigenvalue weighted by molar-refractivity contribution is 7.98. The minimum atomic E-state index is -0.353. The SMILES string of the molecule is CCOC(=O)c1ccoc1CSc1ccc(C)cc1N. The summed E-state index contributed by atoms with van der Waals surface area (Å²) in [6, 6.07) is 7.54. The maximum absolute atomic E-state index is 11.7. The van der Waals surface area contributed by atoms with Crippen molar-refractivity contribution in [3.63, 3.8) is 0 Å². The van der Waals surface area contributed by atoms with Gasteiger partial charge < -0.3 is 14.9 Å². The third-order valence-electron chi connectivity index (χ3n) is 2.76. The molecule has 0 saturated carbocycles. The van der Waals surface area contributed by atoms with Crippen LogP contribution in [-0.2, 0) is 10.5 Å². The van der Waals surface area contributed by atoms with Crippen molar-refractivity contribution < 1.29 is 13.9 Å². The molecule has 0 unspecified atom stereocenters. The normalized spacial score (nSPS) is 10.5. The lowest BCUT2D eigenvalue weighted by atomic mass is 10.2. The highest BCUT2D eigenvalue weighted by Crippen LogP contribution is 2.30. The Hall–Kier alpha value is -1.88. The molecule has 1 heterocycles. The summed E-state index contributed by atoms with van der Waals surface area (Å²) in [6.45, 7) is 4.12. The van der Waals surface area contributed by atoms with Crippen LogP contribution in [0.5, 0.6) is 0 Å². The molecule has 4 nitrogen and oxygen atoms in total. The lowest BCUT2D eigenvalue weighted by Crippen LogP contribution is -2.05. The van der Waals surface area contributed by atoms with Crippen LogP contribution >= 0.6 is 11.8 Å². The Morgan fingerprint density at radius 1 is 1.40 bits per heavy atom. The van der Waals surface area contributed by atoms with Crippen LogP contribution in [-0.4, -0.2) is 12.6 Å². The second kappa shape index (κ2) is 6.52. The third kappa shape index (κ3) is 3.36. The van der Waals surface area contributed by atoms with E-state index in [2.05, 4.69) is 0 Å². The molecule has 0 radical (unpaired) electrons. The number of benzene rings is 1. The van der Waals surface area contributed by atoms with Crippen molar-refractivity contribution in [3.8, 4) is 0 Å². The summed E-state index contributed by atoms with van der Waals surface area (Å²) in [7, 11) is 0. The van der Waals surface area contributed by atoms with Crippen LogP contribution in [0.3, 0.4) is 0 Å². The molecule has 1 aromatic heterocycles. The molecule has 20 heavy (non-hydrogen) atoms. The number of thioether (sulfide) groups is 1. The first-order chi connectivity index (χ1) is 9.61. The maximum Gasteiger partial charge on any atom is 0.341 e. The minimum absolute atomic E-state index is 0.349. The minimum Gasteiger partial charge on any atom is -0.468 e. The van der Waals surface area contributed by atoms with E-state index in [0.29, 0.717) is 23.7 Å². The molecule has 2 N–H and O–H groups in total. The van der Waals surface area contributed by atoms with Crippen molar-refractivity contribution >= 4 is 23.4 Å². The average molecular weight is 291 g/mol. The van der Waals surface area contributed by atoms with Gasteiger partial charge in [-0.3, -0.25) is 0 Å². The second-order valence-electron chi connectivity index (χ2n) is 4.31. The lowest BCUT2D eigenvalue weighted by molar-refractivity contribution is 0.0524. The van der Waals surface area contributed by atoms with Crippen LogP contribution in [0.4, 0.5) is 5.69 Å².